The van der Waals surface area contributed by atoms with Crippen molar-refractivity contribution in [3.8, 4) is 0 Å². The van der Waals surface area contributed by atoms with Gasteiger partial charge in [-0.05, 0) is 25.2 Å². The Morgan fingerprint density at radius 1 is 1.11 bits per heavy atom. The van der Waals surface area contributed by atoms with Gasteiger partial charge in [0.2, 0.25) is 5.91 Å². The summed E-state index contributed by atoms with van der Waals surface area (Å²) in [4.78, 5) is 14.2. The van der Waals surface area contributed by atoms with E-state index in [1.807, 2.05) is 25.7 Å². The number of carbonyl (C=O) groups excluding carboxylic acids is 1. The van der Waals surface area contributed by atoms with Crippen molar-refractivity contribution in [1.29, 1.82) is 0 Å². The maximum Gasteiger partial charge on any atom is 0.227 e. The van der Waals surface area contributed by atoms with Gasteiger partial charge in [0, 0.05) is 19.6 Å². The summed E-state index contributed by atoms with van der Waals surface area (Å²) >= 11 is 0. The number of aliphatic hydroxyl groups is 1. The predicted octanol–water partition coefficient (Wildman–Crippen LogP) is 2.23. The van der Waals surface area contributed by atoms with Crippen molar-refractivity contribution < 1.29 is 9.90 Å². The Balaban J connectivity index is 4.77. The molecule has 0 aliphatic heterocycles. The van der Waals surface area contributed by atoms with Gasteiger partial charge in [0.25, 0.3) is 0 Å². The first-order chi connectivity index (χ1) is 8.99. The van der Waals surface area contributed by atoms with Crippen molar-refractivity contribution in [3.63, 3.8) is 0 Å². The number of amides is 1. The third-order valence-corrected chi connectivity index (χ3v) is 3.29. The Labute approximate surface area is 118 Å². The summed E-state index contributed by atoms with van der Waals surface area (Å²) in [5, 5.41) is 13.4. The summed E-state index contributed by atoms with van der Waals surface area (Å²) < 4.78 is 0. The average molecular weight is 272 g/mol. The van der Waals surface area contributed by atoms with Crippen LogP contribution >= 0.6 is 0 Å². The third-order valence-electron chi connectivity index (χ3n) is 3.29. The molecule has 0 saturated heterocycles. The Morgan fingerprint density at radius 2 is 1.63 bits per heavy atom. The monoisotopic (exact) mass is 272 g/mol. The zero-order valence-corrected chi connectivity index (χ0v) is 13.3. The Morgan fingerprint density at radius 3 is 2.00 bits per heavy atom. The van der Waals surface area contributed by atoms with E-state index in [4.69, 9.17) is 0 Å². The van der Waals surface area contributed by atoms with E-state index in [1.165, 1.54) is 0 Å². The quantitative estimate of drug-likeness (QED) is 0.600. The lowest BCUT2D eigenvalue weighted by Crippen LogP contribution is -2.49. The molecule has 4 nitrogen and oxygen atoms in total. The SMILES string of the molecule is CCCNC(=O)C(C(C)C)C(O)N(CCC)CCC. The van der Waals surface area contributed by atoms with E-state index < -0.39 is 6.23 Å². The van der Waals surface area contributed by atoms with Gasteiger partial charge < -0.3 is 10.4 Å². The molecule has 114 valence electrons. The molecule has 1 amide bonds. The van der Waals surface area contributed by atoms with Crippen molar-refractivity contribution in [2.45, 2.75) is 60.1 Å². The van der Waals surface area contributed by atoms with E-state index in [1.54, 1.807) is 0 Å². The topological polar surface area (TPSA) is 52.6 Å². The Hall–Kier alpha value is -0.610. The number of hydrogen-bond donors (Lipinski definition) is 2. The second-order valence-electron chi connectivity index (χ2n) is 5.51. The second-order valence-corrected chi connectivity index (χ2v) is 5.51. The number of rotatable bonds is 10. The standard InChI is InChI=1S/C15H32N2O2/c1-6-9-16-14(18)13(12(4)5)15(19)17(10-7-2)11-8-3/h12-13,15,19H,6-11H2,1-5H3,(H,16,18). The summed E-state index contributed by atoms with van der Waals surface area (Å²) in [5.74, 6) is -0.255. The minimum absolute atomic E-state index is 0.0263. The molecule has 0 fully saturated rings. The molecule has 0 aromatic heterocycles. The molecule has 19 heavy (non-hydrogen) atoms. The molecular weight excluding hydrogens is 240 g/mol. The van der Waals surface area contributed by atoms with E-state index in [2.05, 4.69) is 19.2 Å². The van der Waals surface area contributed by atoms with Gasteiger partial charge >= 0.3 is 0 Å². The third kappa shape index (κ3) is 6.39. The van der Waals surface area contributed by atoms with Gasteiger partial charge in [0.05, 0.1) is 5.92 Å². The van der Waals surface area contributed by atoms with Crippen LogP contribution in [0.25, 0.3) is 0 Å². The lowest BCUT2D eigenvalue weighted by atomic mass is 9.92. The molecule has 2 unspecified atom stereocenters. The lowest BCUT2D eigenvalue weighted by molar-refractivity contribution is -0.138. The fourth-order valence-corrected chi connectivity index (χ4v) is 2.33. The van der Waals surface area contributed by atoms with E-state index in [-0.39, 0.29) is 17.7 Å². The molecular formula is C15H32N2O2. The van der Waals surface area contributed by atoms with Crippen molar-refractivity contribution >= 4 is 5.91 Å². The summed E-state index contributed by atoms with van der Waals surface area (Å²) in [6, 6.07) is 0. The smallest absolute Gasteiger partial charge is 0.227 e. The van der Waals surface area contributed by atoms with E-state index >= 15 is 0 Å². The van der Waals surface area contributed by atoms with Crippen molar-refractivity contribution in [3.05, 3.63) is 0 Å². The van der Waals surface area contributed by atoms with Crippen LogP contribution in [0, 0.1) is 11.8 Å². The van der Waals surface area contributed by atoms with Crippen molar-refractivity contribution in [2.24, 2.45) is 11.8 Å². The first kappa shape index (κ1) is 18.4. The van der Waals surface area contributed by atoms with Gasteiger partial charge in [-0.2, -0.15) is 0 Å². The maximum absolute atomic E-state index is 12.2. The molecule has 0 aromatic rings. The van der Waals surface area contributed by atoms with E-state index in [9.17, 15) is 9.90 Å². The van der Waals surface area contributed by atoms with Gasteiger partial charge in [-0.15, -0.1) is 0 Å². The number of nitrogens with zero attached hydrogens (tertiary/aromatic N) is 1. The summed E-state index contributed by atoms with van der Waals surface area (Å²) in [6.45, 7) is 12.6. The molecule has 0 aliphatic rings. The molecule has 0 aromatic carbocycles. The van der Waals surface area contributed by atoms with Crippen LogP contribution in [0.4, 0.5) is 0 Å². The summed E-state index contributed by atoms with van der Waals surface area (Å²) in [5.41, 5.74) is 0. The van der Waals surface area contributed by atoms with Gasteiger partial charge in [-0.25, -0.2) is 0 Å². The molecule has 0 heterocycles. The normalized spacial score (nSPS) is 14.7. The molecule has 0 rings (SSSR count). The van der Waals surface area contributed by atoms with Crippen LogP contribution in [0.3, 0.4) is 0 Å². The average Bonchev–Trinajstić information content (AvgIpc) is 2.35. The highest BCUT2D eigenvalue weighted by Crippen LogP contribution is 2.19. The maximum atomic E-state index is 12.2. The largest absolute Gasteiger partial charge is 0.378 e. The zero-order chi connectivity index (χ0) is 14.8. The first-order valence-corrected chi connectivity index (χ1v) is 7.69. The van der Waals surface area contributed by atoms with Crippen LogP contribution in [0.2, 0.25) is 0 Å². The van der Waals surface area contributed by atoms with Crippen LogP contribution in [-0.4, -0.2) is 41.8 Å². The number of hydrogen-bond acceptors (Lipinski definition) is 3. The fraction of sp³-hybridized carbons (Fsp3) is 0.933. The molecule has 0 aliphatic carbocycles. The highest BCUT2D eigenvalue weighted by Gasteiger charge is 2.32. The summed E-state index contributed by atoms with van der Waals surface area (Å²) in [6.07, 6.45) is 2.20. The van der Waals surface area contributed by atoms with Crippen LogP contribution in [0.15, 0.2) is 0 Å². The van der Waals surface area contributed by atoms with Crippen LogP contribution in [0.5, 0.6) is 0 Å². The lowest BCUT2D eigenvalue weighted by Gasteiger charge is -2.34. The molecule has 0 spiro atoms. The fourth-order valence-electron chi connectivity index (χ4n) is 2.33. The summed E-state index contributed by atoms with van der Waals surface area (Å²) in [7, 11) is 0. The van der Waals surface area contributed by atoms with Crippen LogP contribution < -0.4 is 5.32 Å². The molecule has 0 radical (unpaired) electrons. The molecule has 0 bridgehead atoms. The van der Waals surface area contributed by atoms with Gasteiger partial charge in [0.1, 0.15) is 6.23 Å². The van der Waals surface area contributed by atoms with Crippen molar-refractivity contribution in [1.82, 2.24) is 10.2 Å². The minimum Gasteiger partial charge on any atom is -0.378 e. The van der Waals surface area contributed by atoms with Crippen LogP contribution in [-0.2, 0) is 4.79 Å². The van der Waals surface area contributed by atoms with Crippen LogP contribution in [0.1, 0.15) is 53.9 Å². The second kappa shape index (κ2) is 10.2. The Kier molecular flexibility index (Phi) is 9.88. The number of nitrogens with one attached hydrogen (secondary N) is 1. The van der Waals surface area contributed by atoms with E-state index in [0.717, 1.165) is 32.4 Å². The highest BCUT2D eigenvalue weighted by atomic mass is 16.3. The molecule has 2 N–H and O–H groups in total. The van der Waals surface area contributed by atoms with Crippen molar-refractivity contribution in [2.75, 3.05) is 19.6 Å². The number of carbonyl (C=O) groups is 1. The molecule has 0 saturated carbocycles. The Bertz CT molecular complexity index is 238. The minimum atomic E-state index is -0.684. The molecule has 4 heteroatoms. The van der Waals surface area contributed by atoms with Gasteiger partial charge in [-0.3, -0.25) is 9.69 Å². The number of aliphatic hydroxyl groups excluding tert-OH is 1. The van der Waals surface area contributed by atoms with Gasteiger partial charge in [-0.1, -0.05) is 34.6 Å². The van der Waals surface area contributed by atoms with Gasteiger partial charge in [0.15, 0.2) is 0 Å². The first-order valence-electron chi connectivity index (χ1n) is 7.69. The predicted molar refractivity (Wildman–Crippen MR) is 79.8 cm³/mol. The zero-order valence-electron chi connectivity index (χ0n) is 13.3. The highest BCUT2D eigenvalue weighted by molar-refractivity contribution is 5.79. The van der Waals surface area contributed by atoms with E-state index in [0.29, 0.717) is 6.54 Å². The molecule has 2 atom stereocenters.